The van der Waals surface area contributed by atoms with E-state index in [-0.39, 0.29) is 0 Å². The average Bonchev–Trinajstić information content (AvgIpc) is 2.26. The van der Waals surface area contributed by atoms with Gasteiger partial charge < -0.3 is 4.74 Å². The summed E-state index contributed by atoms with van der Waals surface area (Å²) >= 11 is 0. The SMILES string of the molecule is CS(=O)(=O)ON=COc1ccc(CC#N)cc1. The van der Waals surface area contributed by atoms with Crippen molar-refractivity contribution in [3.8, 4) is 11.8 Å². The Bertz CT molecular complexity index is 528. The maximum absolute atomic E-state index is 10.5. The van der Waals surface area contributed by atoms with Crippen molar-refractivity contribution < 1.29 is 17.4 Å². The molecule has 0 aromatic heterocycles. The van der Waals surface area contributed by atoms with Gasteiger partial charge in [-0.3, -0.25) is 4.28 Å². The number of nitriles is 1. The minimum Gasteiger partial charge on any atom is -0.442 e. The van der Waals surface area contributed by atoms with Crippen molar-refractivity contribution in [2.75, 3.05) is 6.26 Å². The molecule has 0 aliphatic heterocycles. The Kier molecular flexibility index (Phi) is 4.48. The van der Waals surface area contributed by atoms with Crippen molar-refractivity contribution in [3.63, 3.8) is 0 Å². The van der Waals surface area contributed by atoms with Gasteiger partial charge in [-0.2, -0.15) is 13.7 Å². The smallest absolute Gasteiger partial charge is 0.325 e. The fourth-order valence-electron chi connectivity index (χ4n) is 0.955. The molecular formula is C10H10N2O4S. The van der Waals surface area contributed by atoms with Crippen LogP contribution in [0.3, 0.4) is 0 Å². The van der Waals surface area contributed by atoms with Crippen molar-refractivity contribution in [2.24, 2.45) is 5.16 Å². The molecule has 0 aliphatic rings. The van der Waals surface area contributed by atoms with Gasteiger partial charge in [0.1, 0.15) is 5.75 Å². The van der Waals surface area contributed by atoms with Crippen LogP contribution < -0.4 is 4.74 Å². The number of ether oxygens (including phenoxy) is 1. The zero-order valence-electron chi connectivity index (χ0n) is 9.03. The predicted molar refractivity (Wildman–Crippen MR) is 60.8 cm³/mol. The highest BCUT2D eigenvalue weighted by Gasteiger charge is 1.98. The minimum absolute atomic E-state index is 0.325. The maximum atomic E-state index is 10.5. The van der Waals surface area contributed by atoms with Crippen LogP contribution in [-0.2, 0) is 20.8 Å². The third-order valence-corrected chi connectivity index (χ3v) is 1.97. The molecule has 1 aromatic rings. The first-order valence-electron chi connectivity index (χ1n) is 4.54. The molecule has 0 fully saturated rings. The van der Waals surface area contributed by atoms with Gasteiger partial charge in [0.2, 0.25) is 6.40 Å². The number of hydrogen-bond acceptors (Lipinski definition) is 6. The molecule has 0 saturated carbocycles. The van der Waals surface area contributed by atoms with Crippen LogP contribution in [0, 0.1) is 11.3 Å². The third kappa shape index (κ3) is 5.53. The van der Waals surface area contributed by atoms with Crippen molar-refractivity contribution in [1.82, 2.24) is 0 Å². The van der Waals surface area contributed by atoms with Gasteiger partial charge in [0.05, 0.1) is 18.7 Å². The maximum Gasteiger partial charge on any atom is 0.325 e. The van der Waals surface area contributed by atoms with E-state index in [9.17, 15) is 8.42 Å². The van der Waals surface area contributed by atoms with Crippen LogP contribution in [0.25, 0.3) is 0 Å². The number of rotatable bonds is 5. The molecule has 1 rings (SSSR count). The van der Waals surface area contributed by atoms with E-state index in [4.69, 9.17) is 10.00 Å². The van der Waals surface area contributed by atoms with Gasteiger partial charge in [-0.25, -0.2) is 0 Å². The van der Waals surface area contributed by atoms with Gasteiger partial charge in [0.15, 0.2) is 0 Å². The molecule has 0 N–H and O–H groups in total. The Balaban J connectivity index is 2.50. The van der Waals surface area contributed by atoms with Crippen molar-refractivity contribution in [2.45, 2.75) is 6.42 Å². The summed E-state index contributed by atoms with van der Waals surface area (Å²) in [6.45, 7) is 0. The van der Waals surface area contributed by atoms with E-state index in [1.54, 1.807) is 24.3 Å². The van der Waals surface area contributed by atoms with E-state index in [2.05, 4.69) is 9.44 Å². The molecule has 0 bridgehead atoms. The molecule has 0 spiro atoms. The van der Waals surface area contributed by atoms with E-state index in [1.165, 1.54) is 0 Å². The van der Waals surface area contributed by atoms with Gasteiger partial charge in [-0.15, -0.1) is 0 Å². The molecule has 7 heteroatoms. The highest BCUT2D eigenvalue weighted by atomic mass is 32.2. The molecule has 0 aliphatic carbocycles. The molecule has 0 saturated heterocycles. The van der Waals surface area contributed by atoms with Gasteiger partial charge >= 0.3 is 10.1 Å². The summed E-state index contributed by atoms with van der Waals surface area (Å²) in [6, 6.07) is 8.75. The fraction of sp³-hybridized carbons (Fsp3) is 0.200. The second-order valence-electron chi connectivity index (χ2n) is 3.09. The van der Waals surface area contributed by atoms with Gasteiger partial charge in [0.25, 0.3) is 0 Å². The molecule has 0 atom stereocenters. The fourth-order valence-corrected chi connectivity index (χ4v) is 1.15. The molecule has 90 valence electrons. The minimum atomic E-state index is -3.61. The Morgan fingerprint density at radius 1 is 1.41 bits per heavy atom. The Morgan fingerprint density at radius 2 is 2.06 bits per heavy atom. The van der Waals surface area contributed by atoms with Crippen LogP contribution in [0.5, 0.6) is 5.75 Å². The standard InChI is InChI=1S/C10H10N2O4S/c1-17(13,14)16-12-8-15-10-4-2-9(3-5-10)6-7-11/h2-5,8H,6H2,1H3. The van der Waals surface area contributed by atoms with Crippen molar-refractivity contribution in [1.29, 1.82) is 5.26 Å². The lowest BCUT2D eigenvalue weighted by Gasteiger charge is -1.99. The topological polar surface area (TPSA) is 88.8 Å². The zero-order valence-corrected chi connectivity index (χ0v) is 9.85. The quantitative estimate of drug-likeness (QED) is 0.445. The number of nitrogens with zero attached hydrogens (tertiary/aromatic N) is 2. The second-order valence-corrected chi connectivity index (χ2v) is 4.64. The van der Waals surface area contributed by atoms with E-state index >= 15 is 0 Å². The lowest BCUT2D eigenvalue weighted by atomic mass is 10.2. The largest absolute Gasteiger partial charge is 0.442 e. The molecule has 1 aromatic carbocycles. The zero-order chi connectivity index (χ0) is 12.7. The molecule has 0 unspecified atom stereocenters. The monoisotopic (exact) mass is 254 g/mol. The summed E-state index contributed by atoms with van der Waals surface area (Å²) < 4.78 is 30.1. The van der Waals surface area contributed by atoms with E-state index in [0.29, 0.717) is 12.2 Å². The summed E-state index contributed by atoms with van der Waals surface area (Å²) in [4.78, 5) is 0. The van der Waals surface area contributed by atoms with Crippen LogP contribution in [0.1, 0.15) is 5.56 Å². The lowest BCUT2D eigenvalue weighted by molar-refractivity contribution is 0.334. The molecule has 0 heterocycles. The van der Waals surface area contributed by atoms with E-state index < -0.39 is 10.1 Å². The number of oxime groups is 1. The summed E-state index contributed by atoms with van der Waals surface area (Å²) in [7, 11) is -3.61. The van der Waals surface area contributed by atoms with Gasteiger partial charge in [-0.1, -0.05) is 12.1 Å². The first kappa shape index (κ1) is 13.0. The highest BCUT2D eigenvalue weighted by Crippen LogP contribution is 2.11. The number of hydrogen-bond donors (Lipinski definition) is 0. The molecule has 6 nitrogen and oxygen atoms in total. The second kappa shape index (κ2) is 5.86. The molecule has 17 heavy (non-hydrogen) atoms. The number of benzene rings is 1. The first-order valence-corrected chi connectivity index (χ1v) is 6.36. The van der Waals surface area contributed by atoms with Crippen LogP contribution in [0.4, 0.5) is 0 Å². The van der Waals surface area contributed by atoms with E-state index in [1.807, 2.05) is 6.07 Å². The van der Waals surface area contributed by atoms with Gasteiger partial charge in [0, 0.05) is 0 Å². The van der Waals surface area contributed by atoms with Gasteiger partial charge in [-0.05, 0) is 22.9 Å². The Morgan fingerprint density at radius 3 is 2.59 bits per heavy atom. The Hall–Kier alpha value is -2.07. The van der Waals surface area contributed by atoms with Crippen molar-refractivity contribution >= 4 is 16.5 Å². The summed E-state index contributed by atoms with van der Waals surface area (Å²) in [5, 5.41) is 11.6. The van der Waals surface area contributed by atoms with Crippen LogP contribution in [0.2, 0.25) is 0 Å². The van der Waals surface area contributed by atoms with Crippen LogP contribution >= 0.6 is 0 Å². The summed E-state index contributed by atoms with van der Waals surface area (Å²) in [6.07, 6.45) is 2.08. The first-order chi connectivity index (χ1) is 8.01. The highest BCUT2D eigenvalue weighted by molar-refractivity contribution is 7.85. The molecular weight excluding hydrogens is 244 g/mol. The van der Waals surface area contributed by atoms with Crippen LogP contribution in [-0.4, -0.2) is 21.1 Å². The summed E-state index contributed by atoms with van der Waals surface area (Å²) in [5.41, 5.74) is 0.865. The molecule has 0 radical (unpaired) electrons. The predicted octanol–water partition coefficient (Wildman–Crippen LogP) is 1.05. The molecule has 0 amide bonds. The normalized spacial score (nSPS) is 11.1. The van der Waals surface area contributed by atoms with Crippen molar-refractivity contribution in [3.05, 3.63) is 29.8 Å². The third-order valence-electron chi connectivity index (χ3n) is 1.62. The summed E-state index contributed by atoms with van der Waals surface area (Å²) in [5.74, 6) is 0.465. The average molecular weight is 254 g/mol. The van der Waals surface area contributed by atoms with Crippen LogP contribution in [0.15, 0.2) is 29.4 Å². The lowest BCUT2D eigenvalue weighted by Crippen LogP contribution is -1.99. The Labute approximate surface area is 99.2 Å². The van der Waals surface area contributed by atoms with E-state index in [0.717, 1.165) is 18.2 Å².